The zero-order chi connectivity index (χ0) is 7.70. The van der Waals surface area contributed by atoms with Crippen LogP contribution in [-0.4, -0.2) is 12.8 Å². The molecule has 2 nitrogen and oxygen atoms in total. The van der Waals surface area contributed by atoms with Gasteiger partial charge in [0.1, 0.15) is 0 Å². The lowest BCUT2D eigenvalue weighted by molar-refractivity contribution is 0.942. The predicted molar refractivity (Wildman–Crippen MR) is 42.9 cm³/mol. The smallest absolute Gasteiger partial charge is 0.0493 e. The molecule has 0 heterocycles. The average molecular weight is 128 g/mol. The number of hydrogen-bond donors (Lipinski definition) is 2. The molecule has 0 amide bonds. The Morgan fingerprint density at radius 3 is 2.22 bits per heavy atom. The maximum Gasteiger partial charge on any atom is 0.0493 e. The van der Waals surface area contributed by atoms with Crippen molar-refractivity contribution in [1.29, 1.82) is 5.41 Å². The van der Waals surface area contributed by atoms with Gasteiger partial charge in [-0.3, -0.25) is 0 Å². The molecule has 2 N–H and O–H groups in total. The number of hydrogen-bond acceptors (Lipinski definition) is 2. The van der Waals surface area contributed by atoms with Crippen molar-refractivity contribution in [2.45, 2.75) is 20.8 Å². The van der Waals surface area contributed by atoms with Crippen LogP contribution in [0.2, 0.25) is 0 Å². The lowest BCUT2D eigenvalue weighted by Crippen LogP contribution is -2.11. The Morgan fingerprint density at radius 1 is 1.67 bits per heavy atom. The molecule has 2 heteroatoms. The van der Waals surface area contributed by atoms with Gasteiger partial charge in [-0.25, -0.2) is 0 Å². The molecule has 0 aromatic heterocycles. The molecule has 0 bridgehead atoms. The highest BCUT2D eigenvalue weighted by atomic mass is 14.9. The Labute approximate surface area is 57.5 Å². The second-order valence-corrected chi connectivity index (χ2v) is 1.37. The molecule has 0 saturated heterocycles. The number of rotatable bonds is 3. The highest BCUT2D eigenvalue weighted by molar-refractivity contribution is 5.55. The molecule has 0 aromatic carbocycles. The second kappa shape index (κ2) is 10.2. The van der Waals surface area contributed by atoms with Crippen LogP contribution < -0.4 is 5.32 Å². The topological polar surface area (TPSA) is 35.9 Å². The molecule has 0 fully saturated rings. The van der Waals surface area contributed by atoms with Crippen molar-refractivity contribution in [2.75, 3.05) is 6.54 Å². The Kier molecular flexibility index (Phi) is 12.6. The Hall–Kier alpha value is -0.790. The quantitative estimate of drug-likeness (QED) is 0.558. The van der Waals surface area contributed by atoms with E-state index in [4.69, 9.17) is 5.41 Å². The zero-order valence-corrected chi connectivity index (χ0v) is 6.49. The third kappa shape index (κ3) is 19.0. The van der Waals surface area contributed by atoms with Crippen molar-refractivity contribution in [3.05, 3.63) is 12.3 Å². The molecule has 0 aromatic rings. The van der Waals surface area contributed by atoms with E-state index in [0.717, 1.165) is 5.70 Å². The van der Waals surface area contributed by atoms with E-state index in [1.165, 1.54) is 6.21 Å². The molecule has 0 atom stereocenters. The van der Waals surface area contributed by atoms with E-state index < -0.39 is 0 Å². The summed E-state index contributed by atoms with van der Waals surface area (Å²) in [6, 6.07) is 0. The van der Waals surface area contributed by atoms with Crippen LogP contribution in [0.3, 0.4) is 0 Å². The summed E-state index contributed by atoms with van der Waals surface area (Å²) < 4.78 is 0. The van der Waals surface area contributed by atoms with E-state index in [1.807, 2.05) is 20.8 Å². The average Bonchev–Trinajstić information content (AvgIpc) is 1.88. The van der Waals surface area contributed by atoms with Crippen molar-refractivity contribution in [3.8, 4) is 0 Å². The van der Waals surface area contributed by atoms with Crippen LogP contribution in [0.1, 0.15) is 20.8 Å². The first-order valence-electron chi connectivity index (χ1n) is 3.15. The molecule has 0 rings (SSSR count). The van der Waals surface area contributed by atoms with Gasteiger partial charge in [0.15, 0.2) is 0 Å². The molecule has 0 aliphatic carbocycles. The lowest BCUT2D eigenvalue weighted by Gasteiger charge is -1.95. The van der Waals surface area contributed by atoms with Crippen molar-refractivity contribution in [1.82, 2.24) is 5.32 Å². The summed E-state index contributed by atoms with van der Waals surface area (Å²) in [4.78, 5) is 0. The number of allylic oxidation sites excluding steroid dienone is 1. The molecule has 54 valence electrons. The van der Waals surface area contributed by atoms with Crippen LogP contribution >= 0.6 is 0 Å². The summed E-state index contributed by atoms with van der Waals surface area (Å²) in [5.74, 6) is 0. The molecule has 0 aliphatic rings. The number of nitrogens with one attached hydrogen (secondary N) is 2. The van der Waals surface area contributed by atoms with E-state index >= 15 is 0 Å². The molecular formula is C7H16N2. The Balaban J connectivity index is 0. The van der Waals surface area contributed by atoms with Crippen LogP contribution in [0.15, 0.2) is 12.3 Å². The monoisotopic (exact) mass is 128 g/mol. The van der Waals surface area contributed by atoms with E-state index in [0.29, 0.717) is 6.54 Å². The standard InChI is InChI=1S/C5H10N2.C2H6/c1-5(2)7-4-3-6;1-2/h3,6-7H,1,4H2,2H3;1-2H3. The van der Waals surface area contributed by atoms with Crippen molar-refractivity contribution >= 4 is 6.21 Å². The van der Waals surface area contributed by atoms with Gasteiger partial charge >= 0.3 is 0 Å². The summed E-state index contributed by atoms with van der Waals surface area (Å²) in [5, 5.41) is 9.43. The van der Waals surface area contributed by atoms with Gasteiger partial charge in [-0.2, -0.15) is 0 Å². The van der Waals surface area contributed by atoms with E-state index in [-0.39, 0.29) is 0 Å². The van der Waals surface area contributed by atoms with Crippen molar-refractivity contribution in [3.63, 3.8) is 0 Å². The van der Waals surface area contributed by atoms with Crippen LogP contribution in [0.5, 0.6) is 0 Å². The SMILES string of the molecule is C=C(C)NCC=N.CC. The predicted octanol–water partition coefficient (Wildman–Crippen LogP) is 1.79. The van der Waals surface area contributed by atoms with Gasteiger partial charge in [0.2, 0.25) is 0 Å². The minimum atomic E-state index is 0.593. The molecular weight excluding hydrogens is 112 g/mol. The molecule has 0 unspecified atom stereocenters. The maximum atomic E-state index is 6.57. The second-order valence-electron chi connectivity index (χ2n) is 1.37. The van der Waals surface area contributed by atoms with Gasteiger partial charge < -0.3 is 10.7 Å². The first-order chi connectivity index (χ1) is 4.27. The Bertz CT molecular complexity index is 77.0. The summed E-state index contributed by atoms with van der Waals surface area (Å²) >= 11 is 0. The summed E-state index contributed by atoms with van der Waals surface area (Å²) in [7, 11) is 0. The van der Waals surface area contributed by atoms with Crippen LogP contribution in [0, 0.1) is 5.41 Å². The molecule has 0 spiro atoms. The first-order valence-corrected chi connectivity index (χ1v) is 3.15. The van der Waals surface area contributed by atoms with Gasteiger partial charge in [-0.1, -0.05) is 20.4 Å². The normalized spacial score (nSPS) is 6.56. The molecule has 0 saturated carbocycles. The summed E-state index contributed by atoms with van der Waals surface area (Å²) in [5.41, 5.74) is 0.906. The molecule has 0 aliphatic heterocycles. The summed E-state index contributed by atoms with van der Waals surface area (Å²) in [6.45, 7) is 10.0. The fourth-order valence-electron chi connectivity index (χ4n) is 0.225. The zero-order valence-electron chi connectivity index (χ0n) is 6.49. The van der Waals surface area contributed by atoms with Crippen molar-refractivity contribution in [2.24, 2.45) is 0 Å². The van der Waals surface area contributed by atoms with Gasteiger partial charge in [-0.05, 0) is 6.92 Å². The van der Waals surface area contributed by atoms with E-state index in [2.05, 4.69) is 11.9 Å². The van der Waals surface area contributed by atoms with Crippen LogP contribution in [0.25, 0.3) is 0 Å². The minimum absolute atomic E-state index is 0.593. The maximum absolute atomic E-state index is 6.57. The fraction of sp³-hybridized carbons (Fsp3) is 0.571. The van der Waals surface area contributed by atoms with Crippen molar-refractivity contribution < 1.29 is 0 Å². The summed E-state index contributed by atoms with van der Waals surface area (Å²) in [6.07, 6.45) is 1.30. The molecule has 0 radical (unpaired) electrons. The Morgan fingerprint density at radius 2 is 2.11 bits per heavy atom. The highest BCUT2D eigenvalue weighted by Crippen LogP contribution is 1.72. The van der Waals surface area contributed by atoms with E-state index in [1.54, 1.807) is 0 Å². The third-order valence-electron chi connectivity index (χ3n) is 0.506. The van der Waals surface area contributed by atoms with Gasteiger partial charge in [-0.15, -0.1) is 0 Å². The van der Waals surface area contributed by atoms with Gasteiger partial charge in [0, 0.05) is 18.5 Å². The third-order valence-corrected chi connectivity index (χ3v) is 0.506. The molecule has 9 heavy (non-hydrogen) atoms. The van der Waals surface area contributed by atoms with E-state index in [9.17, 15) is 0 Å². The largest absolute Gasteiger partial charge is 0.384 e. The van der Waals surface area contributed by atoms with Gasteiger partial charge in [0.05, 0.1) is 0 Å². The first kappa shape index (κ1) is 11.1. The van der Waals surface area contributed by atoms with Gasteiger partial charge in [0.25, 0.3) is 0 Å². The van der Waals surface area contributed by atoms with Crippen LogP contribution in [0.4, 0.5) is 0 Å². The minimum Gasteiger partial charge on any atom is -0.384 e. The van der Waals surface area contributed by atoms with Crippen LogP contribution in [-0.2, 0) is 0 Å². The highest BCUT2D eigenvalue weighted by Gasteiger charge is 1.74. The fourth-order valence-corrected chi connectivity index (χ4v) is 0.225. The lowest BCUT2D eigenvalue weighted by atomic mass is 10.5.